The van der Waals surface area contributed by atoms with Crippen LogP contribution in [0.5, 0.6) is 0 Å². The number of rotatable bonds is 9. The van der Waals surface area contributed by atoms with Crippen LogP contribution in [0.2, 0.25) is 0 Å². The van der Waals surface area contributed by atoms with Gasteiger partial charge in [0.05, 0.1) is 12.2 Å². The zero-order valence-electron chi connectivity index (χ0n) is 25.7. The van der Waals surface area contributed by atoms with Gasteiger partial charge in [-0.2, -0.15) is 13.9 Å². The number of nitrogens with one attached hydrogen (secondary N) is 1. The molecule has 0 spiro atoms. The van der Waals surface area contributed by atoms with E-state index in [1.54, 1.807) is 0 Å². The smallest absolute Gasteiger partial charge is 0.347 e. The highest BCUT2D eigenvalue weighted by molar-refractivity contribution is 5.66. The van der Waals surface area contributed by atoms with Crippen LogP contribution in [0.15, 0.2) is 103 Å². The summed E-state index contributed by atoms with van der Waals surface area (Å²) in [6.07, 6.45) is 3.69. The minimum absolute atomic E-state index is 0.301. The Kier molecular flexibility index (Phi) is 8.15. The average molecular weight is 673 g/mol. The molecule has 1 aliphatic heterocycles. The van der Waals surface area contributed by atoms with Crippen LogP contribution in [-0.2, 0) is 18.1 Å². The lowest BCUT2D eigenvalue weighted by molar-refractivity contribution is -0.207. The van der Waals surface area contributed by atoms with E-state index in [0.717, 1.165) is 78.0 Å². The predicted octanol–water partition coefficient (Wildman–Crippen LogP) is 3.89. The van der Waals surface area contributed by atoms with Gasteiger partial charge in [-0.15, -0.1) is 5.10 Å². The molecule has 0 saturated carbocycles. The number of halogens is 4. The number of tetrazole rings is 1. The summed E-state index contributed by atoms with van der Waals surface area (Å²) in [5.41, 5.74) is -1.12. The number of aromatic nitrogens is 8. The number of H-pyrrole nitrogens is 1. The summed E-state index contributed by atoms with van der Waals surface area (Å²) in [4.78, 5) is 20.3. The zero-order chi connectivity index (χ0) is 34.2. The molecule has 6 aromatic rings. The number of aliphatic hydroxyl groups is 1. The van der Waals surface area contributed by atoms with Gasteiger partial charge in [0.1, 0.15) is 30.0 Å². The second-order valence-corrected chi connectivity index (χ2v) is 11.6. The average Bonchev–Trinajstić information content (AvgIpc) is 3.80. The van der Waals surface area contributed by atoms with Crippen molar-refractivity contribution in [2.75, 3.05) is 36.0 Å². The van der Waals surface area contributed by atoms with Gasteiger partial charge in [0.2, 0.25) is 0 Å². The number of alkyl halides is 2. The molecule has 4 heterocycles. The molecule has 1 atom stereocenters. The van der Waals surface area contributed by atoms with E-state index in [9.17, 15) is 18.7 Å². The van der Waals surface area contributed by atoms with Crippen LogP contribution in [0.25, 0.3) is 16.8 Å². The van der Waals surface area contributed by atoms with Crippen LogP contribution >= 0.6 is 0 Å². The third kappa shape index (κ3) is 6.01. The van der Waals surface area contributed by atoms with Crippen LogP contribution in [0, 0.1) is 11.6 Å². The Morgan fingerprint density at radius 1 is 0.796 bits per heavy atom. The van der Waals surface area contributed by atoms with Crippen molar-refractivity contribution in [3.63, 3.8) is 0 Å². The maximum atomic E-state index is 16.1. The standard InChI is InChI=1S/C33H28F4N10O2/c34-24-4-11-28(29(35)17-24)32(49,19-46-20-40-42-43-46)33(36,37)30-12-3-23(18-38-30)22-1-5-25(6-2-22)44-13-15-45(16-14-44)26-7-9-27(10-8-26)47-21-39-41-31(47)48/h1-12,17-18,20-21,49H,13-16,19H2,(H,41,48)/t32-/m0/s1. The Balaban J connectivity index is 1.04. The Hall–Kier alpha value is -5.90. The van der Waals surface area contributed by atoms with Gasteiger partial charge in [0, 0.05) is 60.9 Å². The first-order valence-corrected chi connectivity index (χ1v) is 15.2. The Labute approximate surface area is 275 Å². The number of benzene rings is 3. The highest BCUT2D eigenvalue weighted by atomic mass is 19.3. The van der Waals surface area contributed by atoms with Crippen molar-refractivity contribution in [2.24, 2.45) is 0 Å². The minimum Gasteiger partial charge on any atom is -0.377 e. The largest absolute Gasteiger partial charge is 0.377 e. The molecule has 3 aromatic heterocycles. The van der Waals surface area contributed by atoms with Gasteiger partial charge in [0.15, 0.2) is 5.60 Å². The number of pyridine rings is 1. The Bertz CT molecular complexity index is 2100. The van der Waals surface area contributed by atoms with Crippen molar-refractivity contribution in [3.05, 3.63) is 131 Å². The van der Waals surface area contributed by atoms with Gasteiger partial charge < -0.3 is 14.9 Å². The molecule has 0 unspecified atom stereocenters. The summed E-state index contributed by atoms with van der Waals surface area (Å²) < 4.78 is 62.9. The molecule has 0 bridgehead atoms. The first-order chi connectivity index (χ1) is 23.6. The van der Waals surface area contributed by atoms with Gasteiger partial charge in [0.25, 0.3) is 0 Å². The van der Waals surface area contributed by atoms with E-state index in [4.69, 9.17) is 0 Å². The number of nitrogens with zero attached hydrogens (tertiary/aromatic N) is 9. The molecule has 250 valence electrons. The van der Waals surface area contributed by atoms with Crippen molar-refractivity contribution < 1.29 is 22.7 Å². The summed E-state index contributed by atoms with van der Waals surface area (Å²) >= 11 is 0. The summed E-state index contributed by atoms with van der Waals surface area (Å²) in [6, 6.07) is 19.8. The number of hydrogen-bond acceptors (Lipinski definition) is 9. The number of piperazine rings is 1. The van der Waals surface area contributed by atoms with E-state index < -0.39 is 41.0 Å². The molecule has 0 aliphatic carbocycles. The summed E-state index contributed by atoms with van der Waals surface area (Å²) in [5.74, 6) is -6.49. The number of hydrogen-bond donors (Lipinski definition) is 2. The molecule has 1 saturated heterocycles. The third-order valence-corrected chi connectivity index (χ3v) is 8.65. The quantitative estimate of drug-likeness (QED) is 0.220. The molecule has 1 fully saturated rings. The van der Waals surface area contributed by atoms with Gasteiger partial charge in [-0.3, -0.25) is 4.98 Å². The topological polar surface area (TPSA) is 134 Å². The lowest BCUT2D eigenvalue weighted by atomic mass is 9.84. The predicted molar refractivity (Wildman–Crippen MR) is 170 cm³/mol. The van der Waals surface area contributed by atoms with E-state index in [2.05, 4.69) is 40.5 Å². The van der Waals surface area contributed by atoms with Crippen LogP contribution < -0.4 is 15.5 Å². The fourth-order valence-electron chi connectivity index (χ4n) is 5.97. The summed E-state index contributed by atoms with van der Waals surface area (Å²) in [6.45, 7) is 2.18. The summed E-state index contributed by atoms with van der Waals surface area (Å²) in [5, 5.41) is 27.9. The van der Waals surface area contributed by atoms with Gasteiger partial charge in [-0.25, -0.2) is 27.9 Å². The van der Waals surface area contributed by atoms with Gasteiger partial charge >= 0.3 is 11.6 Å². The monoisotopic (exact) mass is 672 g/mol. The SMILES string of the molecule is O=c1[nH]ncn1-c1ccc(N2CCN(c3ccc(-c4ccc(C(F)(F)[C@](O)(Cn5cnnn5)c5ccc(F)cc5F)nc4)cc3)CC2)cc1. The van der Waals surface area contributed by atoms with E-state index in [-0.39, 0.29) is 5.69 Å². The molecule has 7 rings (SSSR count). The summed E-state index contributed by atoms with van der Waals surface area (Å²) in [7, 11) is 0. The molecular weight excluding hydrogens is 644 g/mol. The van der Waals surface area contributed by atoms with Gasteiger partial charge in [-0.05, 0) is 70.6 Å². The molecule has 12 nitrogen and oxygen atoms in total. The van der Waals surface area contributed by atoms with Crippen molar-refractivity contribution in [2.45, 2.75) is 18.1 Å². The van der Waals surface area contributed by atoms with E-state index in [0.29, 0.717) is 11.6 Å². The maximum Gasteiger partial charge on any atom is 0.347 e. The van der Waals surface area contributed by atoms with Crippen molar-refractivity contribution in [1.82, 2.24) is 40.0 Å². The minimum atomic E-state index is -4.15. The van der Waals surface area contributed by atoms with Crippen LogP contribution in [-0.4, -0.2) is 71.2 Å². The first kappa shape index (κ1) is 31.7. The fraction of sp³-hybridized carbons (Fsp3) is 0.212. The molecule has 0 amide bonds. The fourth-order valence-corrected chi connectivity index (χ4v) is 5.97. The number of anilines is 2. The second kappa shape index (κ2) is 12.6. The van der Waals surface area contributed by atoms with E-state index in [1.165, 1.54) is 23.2 Å². The highest BCUT2D eigenvalue weighted by Gasteiger charge is 2.58. The van der Waals surface area contributed by atoms with Crippen molar-refractivity contribution >= 4 is 11.4 Å². The molecule has 3 aromatic carbocycles. The third-order valence-electron chi connectivity index (χ3n) is 8.65. The van der Waals surface area contributed by atoms with E-state index >= 15 is 8.78 Å². The van der Waals surface area contributed by atoms with E-state index in [1.807, 2.05) is 48.5 Å². The van der Waals surface area contributed by atoms with Crippen LogP contribution in [0.1, 0.15) is 11.3 Å². The Morgan fingerprint density at radius 2 is 1.43 bits per heavy atom. The maximum absolute atomic E-state index is 16.1. The number of aromatic amines is 1. The Morgan fingerprint density at radius 3 is 1.98 bits per heavy atom. The molecular formula is C33H28F4N10O2. The molecule has 16 heteroatoms. The lowest BCUT2D eigenvalue weighted by Gasteiger charge is -2.37. The van der Waals surface area contributed by atoms with Gasteiger partial charge in [-0.1, -0.05) is 18.2 Å². The molecule has 1 aliphatic rings. The van der Waals surface area contributed by atoms with Crippen LogP contribution in [0.4, 0.5) is 28.9 Å². The zero-order valence-corrected chi connectivity index (χ0v) is 25.7. The first-order valence-electron chi connectivity index (χ1n) is 15.2. The van der Waals surface area contributed by atoms with Crippen molar-refractivity contribution in [1.29, 1.82) is 0 Å². The molecule has 0 radical (unpaired) electrons. The van der Waals surface area contributed by atoms with Crippen molar-refractivity contribution in [3.8, 4) is 16.8 Å². The molecule has 2 N–H and O–H groups in total. The van der Waals surface area contributed by atoms with Crippen LogP contribution in [0.3, 0.4) is 0 Å². The normalized spacial score (nSPS) is 15.0. The second-order valence-electron chi connectivity index (χ2n) is 11.6. The highest BCUT2D eigenvalue weighted by Crippen LogP contribution is 2.47. The lowest BCUT2D eigenvalue weighted by Crippen LogP contribution is -2.48. The molecule has 49 heavy (non-hydrogen) atoms.